The summed E-state index contributed by atoms with van der Waals surface area (Å²) in [4.78, 5) is 17.2. The Morgan fingerprint density at radius 3 is 2.22 bits per heavy atom. The predicted molar refractivity (Wildman–Crippen MR) is 130 cm³/mol. The Hall–Kier alpha value is -2.24. The van der Waals surface area contributed by atoms with Crippen LogP contribution in [0, 0.1) is 0 Å². The lowest BCUT2D eigenvalue weighted by Gasteiger charge is -2.34. The molecule has 3 aromatic rings. The van der Waals surface area contributed by atoms with Crippen LogP contribution in [0.15, 0.2) is 66.7 Å². The third kappa shape index (κ3) is 5.96. The highest BCUT2D eigenvalue weighted by Crippen LogP contribution is 2.28. The van der Waals surface area contributed by atoms with Gasteiger partial charge >= 0.3 is 0 Å². The summed E-state index contributed by atoms with van der Waals surface area (Å²) in [5, 5.41) is 1.79. The Balaban J connectivity index is 1.28. The number of benzene rings is 3. The summed E-state index contributed by atoms with van der Waals surface area (Å²) >= 11 is 18.1. The SMILES string of the molecule is O=C(c1ccc(COc2ccc(Cl)cc2Cl)cc1)N1CCN(Cc2cccc(Cl)c2)CC1. The molecule has 32 heavy (non-hydrogen) atoms. The zero-order chi connectivity index (χ0) is 22.5. The number of hydrogen-bond acceptors (Lipinski definition) is 3. The second-order valence-corrected chi connectivity index (χ2v) is 9.04. The van der Waals surface area contributed by atoms with Crippen molar-refractivity contribution < 1.29 is 9.53 Å². The largest absolute Gasteiger partial charge is 0.487 e. The molecule has 0 spiro atoms. The van der Waals surface area contributed by atoms with Crippen molar-refractivity contribution in [2.75, 3.05) is 26.2 Å². The normalized spacial score (nSPS) is 14.4. The quantitative estimate of drug-likeness (QED) is 0.414. The molecular weight excluding hydrogens is 467 g/mol. The zero-order valence-corrected chi connectivity index (χ0v) is 19.7. The molecule has 4 nitrogen and oxygen atoms in total. The monoisotopic (exact) mass is 488 g/mol. The van der Waals surface area contributed by atoms with Crippen molar-refractivity contribution in [2.45, 2.75) is 13.2 Å². The maximum atomic E-state index is 12.9. The van der Waals surface area contributed by atoms with Crippen LogP contribution in [-0.4, -0.2) is 41.9 Å². The first-order chi connectivity index (χ1) is 15.5. The van der Waals surface area contributed by atoms with E-state index in [0.717, 1.165) is 30.2 Å². The first-order valence-electron chi connectivity index (χ1n) is 10.4. The molecule has 1 aliphatic rings. The minimum absolute atomic E-state index is 0.0561. The van der Waals surface area contributed by atoms with Gasteiger partial charge in [-0.05, 0) is 53.6 Å². The second kappa shape index (κ2) is 10.6. The summed E-state index contributed by atoms with van der Waals surface area (Å²) in [6.07, 6.45) is 0. The summed E-state index contributed by atoms with van der Waals surface area (Å²) in [6.45, 7) is 4.30. The van der Waals surface area contributed by atoms with Crippen molar-refractivity contribution in [1.82, 2.24) is 9.80 Å². The molecule has 0 radical (unpaired) electrons. The lowest BCUT2D eigenvalue weighted by Crippen LogP contribution is -2.48. The van der Waals surface area contributed by atoms with Crippen LogP contribution in [-0.2, 0) is 13.2 Å². The number of ether oxygens (including phenoxy) is 1. The summed E-state index contributed by atoms with van der Waals surface area (Å²) in [5.74, 6) is 0.632. The standard InChI is InChI=1S/C25H23Cl3N2O2/c26-21-3-1-2-19(14-21)16-29-10-12-30(13-11-29)25(31)20-6-4-18(5-7-20)17-32-24-9-8-22(27)15-23(24)28/h1-9,14-15H,10-13,16-17H2. The van der Waals surface area contributed by atoms with Gasteiger partial charge in [-0.1, -0.05) is 59.1 Å². The molecule has 0 aromatic heterocycles. The van der Waals surface area contributed by atoms with Gasteiger partial charge in [-0.15, -0.1) is 0 Å². The fourth-order valence-corrected chi connectivity index (χ4v) is 4.36. The molecule has 166 valence electrons. The topological polar surface area (TPSA) is 32.8 Å². The summed E-state index contributed by atoms with van der Waals surface area (Å²) in [7, 11) is 0. The third-order valence-electron chi connectivity index (χ3n) is 5.44. The van der Waals surface area contributed by atoms with Gasteiger partial charge in [0, 0.05) is 48.3 Å². The van der Waals surface area contributed by atoms with E-state index in [-0.39, 0.29) is 5.91 Å². The molecule has 1 fully saturated rings. The van der Waals surface area contributed by atoms with E-state index in [9.17, 15) is 4.79 Å². The molecule has 1 aliphatic heterocycles. The molecule has 0 atom stereocenters. The van der Waals surface area contributed by atoms with Crippen LogP contribution < -0.4 is 4.74 Å². The number of hydrogen-bond donors (Lipinski definition) is 0. The number of amides is 1. The molecule has 1 saturated heterocycles. The summed E-state index contributed by atoms with van der Waals surface area (Å²) < 4.78 is 5.76. The highest BCUT2D eigenvalue weighted by molar-refractivity contribution is 6.35. The Kier molecular flexibility index (Phi) is 7.59. The van der Waals surface area contributed by atoms with Gasteiger partial charge < -0.3 is 9.64 Å². The maximum Gasteiger partial charge on any atom is 0.253 e. The second-order valence-electron chi connectivity index (χ2n) is 7.76. The fourth-order valence-electron chi connectivity index (χ4n) is 3.68. The van der Waals surface area contributed by atoms with Crippen LogP contribution in [0.3, 0.4) is 0 Å². The van der Waals surface area contributed by atoms with Crippen molar-refractivity contribution in [3.05, 3.63) is 98.5 Å². The number of rotatable bonds is 6. The van der Waals surface area contributed by atoms with E-state index >= 15 is 0 Å². The Morgan fingerprint density at radius 2 is 1.53 bits per heavy atom. The third-order valence-corrected chi connectivity index (χ3v) is 6.21. The van der Waals surface area contributed by atoms with Crippen LogP contribution >= 0.6 is 34.8 Å². The maximum absolute atomic E-state index is 12.9. The number of carbonyl (C=O) groups is 1. The first-order valence-corrected chi connectivity index (χ1v) is 11.5. The Morgan fingerprint density at radius 1 is 0.812 bits per heavy atom. The van der Waals surface area contributed by atoms with Crippen LogP contribution in [0.1, 0.15) is 21.5 Å². The van der Waals surface area contributed by atoms with Gasteiger partial charge in [-0.2, -0.15) is 0 Å². The van der Waals surface area contributed by atoms with E-state index in [2.05, 4.69) is 11.0 Å². The van der Waals surface area contributed by atoms with Crippen molar-refractivity contribution >= 4 is 40.7 Å². The molecule has 0 unspecified atom stereocenters. The number of carbonyl (C=O) groups excluding carboxylic acids is 1. The van der Waals surface area contributed by atoms with E-state index in [0.29, 0.717) is 41.1 Å². The van der Waals surface area contributed by atoms with E-state index in [1.54, 1.807) is 18.2 Å². The molecule has 0 bridgehead atoms. The molecule has 1 heterocycles. The Labute approximate surface area is 203 Å². The lowest BCUT2D eigenvalue weighted by molar-refractivity contribution is 0.0628. The molecular formula is C25H23Cl3N2O2. The van der Waals surface area contributed by atoms with Gasteiger partial charge in [0.2, 0.25) is 0 Å². The van der Waals surface area contributed by atoms with Crippen molar-refractivity contribution in [1.29, 1.82) is 0 Å². The number of halogens is 3. The van der Waals surface area contributed by atoms with Crippen molar-refractivity contribution in [3.8, 4) is 5.75 Å². The van der Waals surface area contributed by atoms with Crippen LogP contribution in [0.2, 0.25) is 15.1 Å². The van der Waals surface area contributed by atoms with Crippen molar-refractivity contribution in [2.24, 2.45) is 0 Å². The van der Waals surface area contributed by atoms with Gasteiger partial charge in [0.15, 0.2) is 0 Å². The molecule has 0 saturated carbocycles. The summed E-state index contributed by atoms with van der Waals surface area (Å²) in [6, 6.07) is 20.6. The van der Waals surface area contributed by atoms with Gasteiger partial charge in [-0.3, -0.25) is 9.69 Å². The van der Waals surface area contributed by atoms with E-state index in [1.807, 2.05) is 47.4 Å². The minimum atomic E-state index is 0.0561. The Bertz CT molecular complexity index is 1080. The van der Waals surface area contributed by atoms with Gasteiger partial charge in [0.25, 0.3) is 5.91 Å². The highest BCUT2D eigenvalue weighted by Gasteiger charge is 2.22. The average molecular weight is 490 g/mol. The predicted octanol–water partition coefficient (Wildman–Crippen LogP) is 6.18. The lowest BCUT2D eigenvalue weighted by atomic mass is 10.1. The molecule has 3 aromatic carbocycles. The molecule has 7 heteroatoms. The van der Waals surface area contributed by atoms with E-state index in [4.69, 9.17) is 39.5 Å². The van der Waals surface area contributed by atoms with Crippen LogP contribution in [0.25, 0.3) is 0 Å². The minimum Gasteiger partial charge on any atom is -0.487 e. The van der Waals surface area contributed by atoms with Crippen LogP contribution in [0.5, 0.6) is 5.75 Å². The number of piperazine rings is 1. The van der Waals surface area contributed by atoms with Gasteiger partial charge in [0.05, 0.1) is 5.02 Å². The summed E-state index contributed by atoms with van der Waals surface area (Å²) in [5.41, 5.74) is 2.83. The molecule has 4 rings (SSSR count). The van der Waals surface area contributed by atoms with Gasteiger partial charge in [-0.25, -0.2) is 0 Å². The van der Waals surface area contributed by atoms with Crippen molar-refractivity contribution in [3.63, 3.8) is 0 Å². The first kappa shape index (κ1) is 22.9. The molecule has 0 N–H and O–H groups in total. The van der Waals surface area contributed by atoms with E-state index < -0.39 is 0 Å². The number of nitrogens with zero attached hydrogens (tertiary/aromatic N) is 2. The van der Waals surface area contributed by atoms with Crippen LogP contribution in [0.4, 0.5) is 0 Å². The zero-order valence-electron chi connectivity index (χ0n) is 17.4. The smallest absolute Gasteiger partial charge is 0.253 e. The fraction of sp³-hybridized carbons (Fsp3) is 0.240. The van der Waals surface area contributed by atoms with E-state index in [1.165, 1.54) is 5.56 Å². The highest BCUT2D eigenvalue weighted by atomic mass is 35.5. The molecule has 0 aliphatic carbocycles. The molecule has 1 amide bonds. The average Bonchev–Trinajstić information content (AvgIpc) is 2.79. The van der Waals surface area contributed by atoms with Gasteiger partial charge in [0.1, 0.15) is 12.4 Å².